The van der Waals surface area contributed by atoms with Gasteiger partial charge in [-0.3, -0.25) is 4.79 Å². The zero-order valence-corrected chi connectivity index (χ0v) is 9.01. The van der Waals surface area contributed by atoms with E-state index >= 15 is 0 Å². The zero-order valence-electron chi connectivity index (χ0n) is 9.01. The highest BCUT2D eigenvalue weighted by molar-refractivity contribution is 5.93. The number of ether oxygens (including phenoxy) is 1. The predicted octanol–water partition coefficient (Wildman–Crippen LogP) is 1.48. The molecule has 1 aliphatic rings. The van der Waals surface area contributed by atoms with Gasteiger partial charge < -0.3 is 14.7 Å². The Labute approximate surface area is 93.8 Å². The minimum Gasteiger partial charge on any atom is -0.503 e. The van der Waals surface area contributed by atoms with Crippen LogP contribution in [-0.4, -0.2) is 29.6 Å². The van der Waals surface area contributed by atoms with Crippen molar-refractivity contribution in [3.8, 4) is 5.75 Å². The molecule has 0 radical (unpaired) electrons. The van der Waals surface area contributed by atoms with Crippen LogP contribution in [0.2, 0.25) is 0 Å². The molecule has 0 unspecified atom stereocenters. The Morgan fingerprint density at radius 2 is 2.31 bits per heavy atom. The van der Waals surface area contributed by atoms with Gasteiger partial charge in [0.2, 0.25) is 0 Å². The molecular weight excluding hydrogens is 206 g/mol. The highest BCUT2D eigenvalue weighted by Crippen LogP contribution is 2.17. The lowest BCUT2D eigenvalue weighted by Crippen LogP contribution is -2.26. The third-order valence-electron chi connectivity index (χ3n) is 2.52. The highest BCUT2D eigenvalue weighted by atomic mass is 16.5. The number of carbonyl (C=O) groups excluding carboxylic acids is 1. The summed E-state index contributed by atoms with van der Waals surface area (Å²) in [6.07, 6.45) is 1.52. The molecule has 1 N–H and O–H groups in total. The monoisotopic (exact) mass is 219 g/mol. The summed E-state index contributed by atoms with van der Waals surface area (Å²) < 4.78 is 5.10. The molecule has 4 nitrogen and oxygen atoms in total. The van der Waals surface area contributed by atoms with E-state index in [1.54, 1.807) is 12.0 Å². The molecule has 1 aliphatic heterocycles. The van der Waals surface area contributed by atoms with Crippen LogP contribution < -0.4 is 4.74 Å². The Morgan fingerprint density at radius 3 is 2.94 bits per heavy atom. The van der Waals surface area contributed by atoms with Gasteiger partial charge in [-0.1, -0.05) is 12.1 Å². The molecule has 84 valence electrons. The van der Waals surface area contributed by atoms with Gasteiger partial charge in [-0.15, -0.1) is 0 Å². The Hall–Kier alpha value is -1.97. The predicted molar refractivity (Wildman–Crippen MR) is 59.1 cm³/mol. The van der Waals surface area contributed by atoms with Crippen molar-refractivity contribution in [1.29, 1.82) is 0 Å². The van der Waals surface area contributed by atoms with Crippen molar-refractivity contribution in [2.75, 3.05) is 13.7 Å². The van der Waals surface area contributed by atoms with Crippen molar-refractivity contribution in [2.45, 2.75) is 6.54 Å². The van der Waals surface area contributed by atoms with E-state index in [2.05, 4.69) is 0 Å². The van der Waals surface area contributed by atoms with Crippen molar-refractivity contribution in [3.05, 3.63) is 41.7 Å². The van der Waals surface area contributed by atoms with E-state index in [0.29, 0.717) is 13.1 Å². The molecule has 0 aliphatic carbocycles. The van der Waals surface area contributed by atoms with Crippen LogP contribution in [0.15, 0.2) is 36.1 Å². The summed E-state index contributed by atoms with van der Waals surface area (Å²) in [4.78, 5) is 13.0. The average molecular weight is 219 g/mol. The molecule has 1 aromatic rings. The first-order valence-corrected chi connectivity index (χ1v) is 5.02. The zero-order chi connectivity index (χ0) is 11.5. The van der Waals surface area contributed by atoms with Crippen molar-refractivity contribution in [2.24, 2.45) is 0 Å². The summed E-state index contributed by atoms with van der Waals surface area (Å²) in [5, 5.41) is 9.19. The molecule has 16 heavy (non-hydrogen) atoms. The van der Waals surface area contributed by atoms with Crippen LogP contribution >= 0.6 is 0 Å². The van der Waals surface area contributed by atoms with E-state index in [1.165, 1.54) is 6.08 Å². The van der Waals surface area contributed by atoms with Gasteiger partial charge in [-0.2, -0.15) is 0 Å². The van der Waals surface area contributed by atoms with E-state index in [9.17, 15) is 9.90 Å². The molecule has 1 aromatic carbocycles. The maximum Gasteiger partial charge on any atom is 0.288 e. The third kappa shape index (κ3) is 2.00. The number of nitrogens with zero attached hydrogens (tertiary/aromatic N) is 1. The van der Waals surface area contributed by atoms with Crippen LogP contribution in [0.1, 0.15) is 5.56 Å². The Bertz CT molecular complexity index is 440. The number of benzene rings is 1. The molecule has 0 atom stereocenters. The topological polar surface area (TPSA) is 49.8 Å². The van der Waals surface area contributed by atoms with E-state index < -0.39 is 0 Å². The lowest BCUT2D eigenvalue weighted by molar-refractivity contribution is -0.128. The summed E-state index contributed by atoms with van der Waals surface area (Å²) in [6.45, 7) is 0.943. The van der Waals surface area contributed by atoms with E-state index in [4.69, 9.17) is 4.74 Å². The van der Waals surface area contributed by atoms with Crippen molar-refractivity contribution < 1.29 is 14.6 Å². The van der Waals surface area contributed by atoms with Crippen LogP contribution in [-0.2, 0) is 11.3 Å². The average Bonchev–Trinajstić information content (AvgIpc) is 2.61. The van der Waals surface area contributed by atoms with E-state index in [-0.39, 0.29) is 11.7 Å². The lowest BCUT2D eigenvalue weighted by atomic mass is 10.2. The molecule has 0 bridgehead atoms. The van der Waals surface area contributed by atoms with Gasteiger partial charge in [0.05, 0.1) is 7.11 Å². The fourth-order valence-electron chi connectivity index (χ4n) is 1.66. The molecule has 0 spiro atoms. The number of aliphatic hydroxyl groups excluding tert-OH is 1. The van der Waals surface area contributed by atoms with Gasteiger partial charge in [0, 0.05) is 13.1 Å². The smallest absolute Gasteiger partial charge is 0.288 e. The van der Waals surface area contributed by atoms with Crippen LogP contribution in [0.3, 0.4) is 0 Å². The van der Waals surface area contributed by atoms with Crippen LogP contribution in [0, 0.1) is 0 Å². The second kappa shape index (κ2) is 4.26. The number of rotatable bonds is 3. The first-order chi connectivity index (χ1) is 7.70. The SMILES string of the molecule is COc1cccc(CN2CC=C(O)C2=O)c1. The first-order valence-electron chi connectivity index (χ1n) is 5.02. The van der Waals surface area contributed by atoms with Crippen LogP contribution in [0.25, 0.3) is 0 Å². The number of aliphatic hydroxyl groups is 1. The molecule has 4 heteroatoms. The molecule has 0 saturated carbocycles. The quantitative estimate of drug-likeness (QED) is 0.837. The van der Waals surface area contributed by atoms with Crippen molar-refractivity contribution in [3.63, 3.8) is 0 Å². The normalized spacial score (nSPS) is 15.2. The van der Waals surface area contributed by atoms with E-state index in [1.807, 2.05) is 24.3 Å². The van der Waals surface area contributed by atoms with Crippen molar-refractivity contribution in [1.82, 2.24) is 4.90 Å². The van der Waals surface area contributed by atoms with Gasteiger partial charge in [0.1, 0.15) is 5.75 Å². The third-order valence-corrected chi connectivity index (χ3v) is 2.52. The van der Waals surface area contributed by atoms with Gasteiger partial charge in [0.25, 0.3) is 5.91 Å². The maximum absolute atomic E-state index is 11.4. The lowest BCUT2D eigenvalue weighted by Gasteiger charge is -2.15. The molecule has 0 saturated heterocycles. The Balaban J connectivity index is 2.07. The maximum atomic E-state index is 11.4. The number of methoxy groups -OCH3 is 1. The minimum absolute atomic E-state index is 0.164. The number of hydrogen-bond donors (Lipinski definition) is 1. The molecule has 1 heterocycles. The standard InChI is InChI=1S/C12H13NO3/c1-16-10-4-2-3-9(7-10)8-13-6-5-11(14)12(13)15/h2-5,7,14H,6,8H2,1H3. The molecule has 2 rings (SSSR count). The summed E-state index contributed by atoms with van der Waals surface area (Å²) >= 11 is 0. The highest BCUT2D eigenvalue weighted by Gasteiger charge is 2.22. The molecule has 0 aromatic heterocycles. The number of carbonyl (C=O) groups is 1. The number of amides is 1. The van der Waals surface area contributed by atoms with Crippen LogP contribution in [0.5, 0.6) is 5.75 Å². The fourth-order valence-corrected chi connectivity index (χ4v) is 1.66. The largest absolute Gasteiger partial charge is 0.503 e. The van der Waals surface area contributed by atoms with Crippen molar-refractivity contribution >= 4 is 5.91 Å². The minimum atomic E-state index is -0.317. The summed E-state index contributed by atoms with van der Waals surface area (Å²) in [7, 11) is 1.60. The van der Waals surface area contributed by atoms with Gasteiger partial charge in [0.15, 0.2) is 5.76 Å². The molecule has 1 amide bonds. The summed E-state index contributed by atoms with van der Waals surface area (Å²) in [5.41, 5.74) is 0.982. The van der Waals surface area contributed by atoms with Gasteiger partial charge >= 0.3 is 0 Å². The van der Waals surface area contributed by atoms with Gasteiger partial charge in [-0.05, 0) is 23.8 Å². The Kier molecular flexibility index (Phi) is 2.81. The second-order valence-corrected chi connectivity index (χ2v) is 3.63. The number of hydrogen-bond acceptors (Lipinski definition) is 3. The van der Waals surface area contributed by atoms with E-state index in [0.717, 1.165) is 11.3 Å². The summed E-state index contributed by atoms with van der Waals surface area (Å²) in [5.74, 6) is 0.284. The first kappa shape index (κ1) is 10.5. The second-order valence-electron chi connectivity index (χ2n) is 3.63. The van der Waals surface area contributed by atoms with Gasteiger partial charge in [-0.25, -0.2) is 0 Å². The van der Waals surface area contributed by atoms with Crippen LogP contribution in [0.4, 0.5) is 0 Å². The molecule has 0 fully saturated rings. The Morgan fingerprint density at radius 1 is 1.50 bits per heavy atom. The summed E-state index contributed by atoms with van der Waals surface area (Å²) in [6, 6.07) is 7.53. The fraction of sp³-hybridized carbons (Fsp3) is 0.250. The molecular formula is C12H13NO3.